The molecule has 2 aliphatic rings. The van der Waals surface area contributed by atoms with Gasteiger partial charge in [0.15, 0.2) is 4.99 Å². The minimum Gasteiger partial charge on any atom is -0.481 e. The van der Waals surface area contributed by atoms with Crippen LogP contribution in [0.15, 0.2) is 40.9 Å². The fraction of sp³-hybridized carbons (Fsp3) is 0.375. The molecule has 0 unspecified atom stereocenters. The Bertz CT molecular complexity index is 1440. The number of aromatic nitrogens is 6. The van der Waals surface area contributed by atoms with Crippen molar-refractivity contribution in [3.8, 4) is 0 Å². The molecule has 2 fully saturated rings. The van der Waals surface area contributed by atoms with Crippen molar-refractivity contribution in [1.29, 1.82) is 0 Å². The summed E-state index contributed by atoms with van der Waals surface area (Å²) in [5.41, 5.74) is 3.26. The zero-order valence-electron chi connectivity index (χ0n) is 19.8. The number of rotatable bonds is 7. The van der Waals surface area contributed by atoms with Crippen molar-refractivity contribution in [2.45, 2.75) is 32.1 Å². The highest BCUT2D eigenvalue weighted by atomic mass is 32.1. The van der Waals surface area contributed by atoms with Crippen LogP contribution in [0.5, 0.6) is 0 Å². The van der Waals surface area contributed by atoms with Gasteiger partial charge in [0.05, 0.1) is 11.9 Å². The number of H-pyrrole nitrogens is 1. The van der Waals surface area contributed by atoms with Crippen LogP contribution in [0.1, 0.15) is 38.0 Å². The van der Waals surface area contributed by atoms with Crippen LogP contribution in [0.25, 0.3) is 11.0 Å². The average molecular weight is 520 g/mol. The molecule has 1 aliphatic carbocycles. The van der Waals surface area contributed by atoms with Crippen LogP contribution in [0.2, 0.25) is 0 Å². The van der Waals surface area contributed by atoms with E-state index in [0.717, 1.165) is 61.5 Å². The summed E-state index contributed by atoms with van der Waals surface area (Å²) in [6.45, 7) is 1.86. The lowest BCUT2D eigenvalue weighted by molar-refractivity contribution is -0.140. The number of nitrogens with zero attached hydrogens (tertiary/aromatic N) is 6. The molecule has 37 heavy (non-hydrogen) atoms. The minimum atomic E-state index is -0.688. The maximum atomic E-state index is 10.9. The number of aromatic amines is 1. The number of hydrogen-bond acceptors (Lipinski definition) is 10. The van der Waals surface area contributed by atoms with Gasteiger partial charge in [0.1, 0.15) is 16.9 Å². The zero-order valence-corrected chi connectivity index (χ0v) is 20.7. The van der Waals surface area contributed by atoms with E-state index in [9.17, 15) is 4.79 Å². The third-order valence-electron chi connectivity index (χ3n) is 7.25. The number of carboxylic acids is 1. The van der Waals surface area contributed by atoms with Crippen LogP contribution in [0, 0.1) is 11.3 Å². The molecule has 4 aromatic rings. The first-order valence-electron chi connectivity index (χ1n) is 12.1. The summed E-state index contributed by atoms with van der Waals surface area (Å²) in [5.74, 6) is 0.756. The summed E-state index contributed by atoms with van der Waals surface area (Å²) in [4.78, 5) is 18.1. The average Bonchev–Trinajstić information content (AvgIpc) is 3.53. The van der Waals surface area contributed by atoms with E-state index in [-0.39, 0.29) is 11.9 Å². The minimum absolute atomic E-state index is 0.187. The van der Waals surface area contributed by atoms with E-state index in [0.29, 0.717) is 28.3 Å². The fourth-order valence-electron chi connectivity index (χ4n) is 5.41. The molecule has 4 N–H and O–H groups in total. The fourth-order valence-corrected chi connectivity index (χ4v) is 5.61. The van der Waals surface area contributed by atoms with Crippen molar-refractivity contribution in [3.63, 3.8) is 0 Å². The number of piperidine rings is 1. The van der Waals surface area contributed by atoms with Crippen molar-refractivity contribution >= 4 is 57.4 Å². The van der Waals surface area contributed by atoms with Gasteiger partial charge in [0.25, 0.3) is 5.89 Å². The smallest absolute Gasteiger partial charge is 0.320 e. The lowest BCUT2D eigenvalue weighted by Crippen LogP contribution is -2.47. The van der Waals surface area contributed by atoms with E-state index in [2.05, 4.69) is 46.1 Å². The van der Waals surface area contributed by atoms with Gasteiger partial charge >= 0.3 is 12.0 Å². The Balaban J connectivity index is 1.01. The Labute approximate surface area is 216 Å². The molecule has 4 heterocycles. The highest BCUT2D eigenvalue weighted by Gasteiger charge is 2.46. The molecule has 0 radical (unpaired) electrons. The van der Waals surface area contributed by atoms with Crippen LogP contribution in [-0.4, -0.2) is 59.7 Å². The van der Waals surface area contributed by atoms with Gasteiger partial charge in [0.2, 0.25) is 0 Å². The molecule has 1 saturated heterocycles. The van der Waals surface area contributed by atoms with Crippen LogP contribution >= 0.6 is 12.2 Å². The summed E-state index contributed by atoms with van der Waals surface area (Å²) in [5, 5.41) is 33.8. The molecular formula is C24H25N9O3S. The van der Waals surface area contributed by atoms with Gasteiger partial charge in [-0.1, -0.05) is 17.3 Å². The number of nitrogens with one attached hydrogen (secondary N) is 3. The molecule has 0 atom stereocenters. The van der Waals surface area contributed by atoms with Gasteiger partial charge < -0.3 is 25.1 Å². The normalized spacial score (nSPS) is 17.0. The summed E-state index contributed by atoms with van der Waals surface area (Å²) in [6.07, 6.45) is 6.25. The lowest BCUT2D eigenvalue weighted by Gasteiger charge is -2.52. The van der Waals surface area contributed by atoms with E-state index in [4.69, 9.17) is 21.7 Å². The maximum absolute atomic E-state index is 10.9. The van der Waals surface area contributed by atoms with E-state index < -0.39 is 5.97 Å². The topological polar surface area (TPSA) is 158 Å². The molecule has 1 saturated carbocycles. The molecule has 3 aromatic heterocycles. The number of anilines is 4. The molecule has 6 rings (SSSR count). The first-order chi connectivity index (χ1) is 17.9. The van der Waals surface area contributed by atoms with Gasteiger partial charge in [-0.25, -0.2) is 4.98 Å². The van der Waals surface area contributed by atoms with Crippen molar-refractivity contribution < 1.29 is 14.3 Å². The molecule has 12 nitrogen and oxygen atoms in total. The van der Waals surface area contributed by atoms with Crippen LogP contribution < -0.4 is 15.5 Å². The second kappa shape index (κ2) is 9.39. The van der Waals surface area contributed by atoms with Crippen LogP contribution in [0.3, 0.4) is 0 Å². The first kappa shape index (κ1) is 23.3. The Morgan fingerprint density at radius 3 is 2.68 bits per heavy atom. The van der Waals surface area contributed by atoms with E-state index in [1.165, 1.54) is 0 Å². The van der Waals surface area contributed by atoms with Crippen LogP contribution in [0.4, 0.5) is 23.2 Å². The Hall–Kier alpha value is -4.13. The Morgan fingerprint density at radius 2 is 1.92 bits per heavy atom. The number of hydrogen-bond donors (Lipinski definition) is 4. The van der Waals surface area contributed by atoms with Crippen molar-refractivity contribution in [2.24, 2.45) is 11.3 Å². The molecule has 1 aliphatic heterocycles. The van der Waals surface area contributed by atoms with E-state index in [1.807, 2.05) is 30.3 Å². The number of fused-ring (bicyclic) bond motifs is 1. The summed E-state index contributed by atoms with van der Waals surface area (Å²) in [6, 6.07) is 9.58. The zero-order chi connectivity index (χ0) is 25.4. The molecule has 0 amide bonds. The van der Waals surface area contributed by atoms with Gasteiger partial charge in [-0.2, -0.15) is 15.4 Å². The predicted molar refractivity (Wildman–Crippen MR) is 140 cm³/mol. The molecule has 0 bridgehead atoms. The maximum Gasteiger partial charge on any atom is 0.320 e. The Kier molecular flexibility index (Phi) is 5.91. The number of thiocarbonyl (C=S) groups is 1. The summed E-state index contributed by atoms with van der Waals surface area (Å²) >= 11 is 5.44. The van der Waals surface area contributed by atoms with Crippen molar-refractivity contribution in [3.05, 3.63) is 42.4 Å². The summed E-state index contributed by atoms with van der Waals surface area (Å²) in [7, 11) is 0. The van der Waals surface area contributed by atoms with E-state index >= 15 is 0 Å². The van der Waals surface area contributed by atoms with Crippen LogP contribution in [-0.2, 0) is 4.79 Å². The molecule has 13 heteroatoms. The molecule has 190 valence electrons. The SMILES string of the molecule is O=C(O)CC1CC2(CCN(c3ccc(NC(=S)c4nnc(Nc5ccc6n[nH]nc6c5)o4)cn3)CC2)C1. The van der Waals surface area contributed by atoms with Crippen molar-refractivity contribution in [1.82, 2.24) is 30.6 Å². The van der Waals surface area contributed by atoms with Gasteiger partial charge in [-0.15, -0.1) is 5.10 Å². The highest BCUT2D eigenvalue weighted by Crippen LogP contribution is 2.53. The predicted octanol–water partition coefficient (Wildman–Crippen LogP) is 3.74. The largest absolute Gasteiger partial charge is 0.481 e. The number of aliphatic carboxylic acids is 1. The standard InChI is InChI=1S/C24H25N9O3S/c34-20(35)9-14-11-24(12-14)5-7-33(8-6-24)19-4-2-16(13-25-19)26-22(37)21-30-31-23(36-21)27-15-1-3-17-18(10-15)29-32-28-17/h1-4,10,13-14H,5-9,11-12H2,(H,26,37)(H,27,31)(H,34,35)(H,28,29,32). The van der Waals surface area contributed by atoms with E-state index in [1.54, 1.807) is 6.20 Å². The number of pyridine rings is 1. The lowest BCUT2D eigenvalue weighted by atomic mass is 9.57. The third-order valence-corrected chi connectivity index (χ3v) is 7.52. The second-order valence-corrected chi connectivity index (χ2v) is 10.2. The summed E-state index contributed by atoms with van der Waals surface area (Å²) < 4.78 is 5.66. The number of benzene rings is 1. The highest BCUT2D eigenvalue weighted by molar-refractivity contribution is 7.81. The van der Waals surface area contributed by atoms with Gasteiger partial charge in [-0.05, 0) is 67.3 Å². The quantitative estimate of drug-likeness (QED) is 0.263. The van der Waals surface area contributed by atoms with Gasteiger partial charge in [-0.3, -0.25) is 4.79 Å². The third kappa shape index (κ3) is 4.94. The first-order valence-corrected chi connectivity index (χ1v) is 12.5. The van der Waals surface area contributed by atoms with Gasteiger partial charge in [0, 0.05) is 25.2 Å². The second-order valence-electron chi connectivity index (χ2n) is 9.78. The molecule has 1 spiro atoms. The monoisotopic (exact) mass is 519 g/mol. The van der Waals surface area contributed by atoms with Crippen molar-refractivity contribution in [2.75, 3.05) is 28.6 Å². The Morgan fingerprint density at radius 1 is 1.14 bits per heavy atom. The molecular weight excluding hydrogens is 494 g/mol. The number of carbonyl (C=O) groups is 1. The number of carboxylic acid groups (broad SMARTS) is 1. The molecule has 1 aromatic carbocycles.